The summed E-state index contributed by atoms with van der Waals surface area (Å²) in [6, 6.07) is 10.4. The maximum atomic E-state index is 12.3. The standard InChI is InChI=1S/C21H25N3O6/c1-21(2,3)30-20(29)23-12-18(27)22-11-13-5-4-6-15(7-13)24-19(28)14-8-16(25)10-17(26)9-14/h4-10,25-26H,11-12H2,1-3H3,(H,22,27)(H,23,29)(H,24,28). The number of hydrogen-bond donors (Lipinski definition) is 5. The first-order valence-corrected chi connectivity index (χ1v) is 9.19. The van der Waals surface area contributed by atoms with Gasteiger partial charge in [-0.25, -0.2) is 4.79 Å². The van der Waals surface area contributed by atoms with Gasteiger partial charge in [-0.1, -0.05) is 12.1 Å². The Labute approximate surface area is 174 Å². The summed E-state index contributed by atoms with van der Waals surface area (Å²) in [5.41, 5.74) is 0.640. The number of anilines is 1. The summed E-state index contributed by atoms with van der Waals surface area (Å²) in [6.45, 7) is 5.13. The third-order valence-corrected chi connectivity index (χ3v) is 3.63. The normalized spacial score (nSPS) is 10.8. The predicted octanol–water partition coefficient (Wildman–Crippen LogP) is 2.49. The van der Waals surface area contributed by atoms with E-state index in [1.807, 2.05) is 0 Å². The molecule has 0 bridgehead atoms. The fraction of sp³-hybridized carbons (Fsp3) is 0.286. The first-order chi connectivity index (χ1) is 14.0. The van der Waals surface area contributed by atoms with E-state index in [9.17, 15) is 24.6 Å². The fourth-order valence-corrected chi connectivity index (χ4v) is 2.42. The average Bonchev–Trinajstić information content (AvgIpc) is 2.63. The molecule has 160 valence electrons. The molecule has 0 radical (unpaired) electrons. The summed E-state index contributed by atoms with van der Waals surface area (Å²) in [7, 11) is 0. The summed E-state index contributed by atoms with van der Waals surface area (Å²) in [5.74, 6) is -1.36. The number of phenolic OH excluding ortho intramolecular Hbond substituents is 2. The Hall–Kier alpha value is -3.75. The summed E-state index contributed by atoms with van der Waals surface area (Å²) >= 11 is 0. The molecule has 0 saturated carbocycles. The van der Waals surface area contributed by atoms with Gasteiger partial charge in [0.15, 0.2) is 0 Å². The highest BCUT2D eigenvalue weighted by Gasteiger charge is 2.16. The van der Waals surface area contributed by atoms with Crippen molar-refractivity contribution in [2.45, 2.75) is 32.9 Å². The van der Waals surface area contributed by atoms with Gasteiger partial charge in [-0.3, -0.25) is 9.59 Å². The van der Waals surface area contributed by atoms with Gasteiger partial charge in [-0.2, -0.15) is 0 Å². The van der Waals surface area contributed by atoms with Crippen LogP contribution in [0.2, 0.25) is 0 Å². The van der Waals surface area contributed by atoms with Crippen molar-refractivity contribution in [1.82, 2.24) is 10.6 Å². The van der Waals surface area contributed by atoms with Crippen molar-refractivity contribution in [2.24, 2.45) is 0 Å². The van der Waals surface area contributed by atoms with Crippen LogP contribution >= 0.6 is 0 Å². The van der Waals surface area contributed by atoms with E-state index in [2.05, 4.69) is 16.0 Å². The van der Waals surface area contributed by atoms with Gasteiger partial charge in [-0.05, 0) is 50.6 Å². The second-order valence-electron chi connectivity index (χ2n) is 7.52. The molecule has 9 nitrogen and oxygen atoms in total. The van der Waals surface area contributed by atoms with Gasteiger partial charge in [-0.15, -0.1) is 0 Å². The number of amides is 3. The Morgan fingerprint density at radius 3 is 2.27 bits per heavy atom. The van der Waals surface area contributed by atoms with Crippen LogP contribution in [0.25, 0.3) is 0 Å². The Morgan fingerprint density at radius 2 is 1.63 bits per heavy atom. The van der Waals surface area contributed by atoms with Crippen LogP contribution in [-0.4, -0.2) is 40.3 Å². The summed E-state index contributed by atoms with van der Waals surface area (Å²) < 4.78 is 5.05. The largest absolute Gasteiger partial charge is 0.508 e. The molecular weight excluding hydrogens is 390 g/mol. The monoisotopic (exact) mass is 415 g/mol. The predicted molar refractivity (Wildman–Crippen MR) is 110 cm³/mol. The van der Waals surface area contributed by atoms with Crippen LogP contribution in [0, 0.1) is 0 Å². The molecule has 0 saturated heterocycles. The topological polar surface area (TPSA) is 137 Å². The van der Waals surface area contributed by atoms with Gasteiger partial charge in [0.25, 0.3) is 5.91 Å². The highest BCUT2D eigenvalue weighted by molar-refractivity contribution is 6.04. The molecule has 9 heteroatoms. The number of alkyl carbamates (subject to hydrolysis) is 1. The lowest BCUT2D eigenvalue weighted by molar-refractivity contribution is -0.120. The molecule has 3 amide bonds. The van der Waals surface area contributed by atoms with Crippen molar-refractivity contribution < 1.29 is 29.3 Å². The van der Waals surface area contributed by atoms with Gasteiger partial charge < -0.3 is 30.9 Å². The van der Waals surface area contributed by atoms with Gasteiger partial charge in [0.05, 0.1) is 0 Å². The highest BCUT2D eigenvalue weighted by atomic mass is 16.6. The number of phenols is 2. The minimum Gasteiger partial charge on any atom is -0.508 e. The van der Waals surface area contributed by atoms with Crippen molar-refractivity contribution in [3.05, 3.63) is 53.6 Å². The molecule has 30 heavy (non-hydrogen) atoms. The SMILES string of the molecule is CC(C)(C)OC(=O)NCC(=O)NCc1cccc(NC(=O)c2cc(O)cc(O)c2)c1. The van der Waals surface area contributed by atoms with Crippen molar-refractivity contribution >= 4 is 23.6 Å². The lowest BCUT2D eigenvalue weighted by atomic mass is 10.1. The maximum Gasteiger partial charge on any atom is 0.408 e. The number of nitrogens with one attached hydrogen (secondary N) is 3. The number of rotatable bonds is 6. The van der Waals surface area contributed by atoms with E-state index in [1.54, 1.807) is 45.0 Å². The molecular formula is C21H25N3O6. The van der Waals surface area contributed by atoms with Crippen LogP contribution < -0.4 is 16.0 Å². The van der Waals surface area contributed by atoms with E-state index < -0.39 is 23.5 Å². The molecule has 2 aromatic rings. The molecule has 0 aliphatic heterocycles. The van der Waals surface area contributed by atoms with Gasteiger partial charge >= 0.3 is 6.09 Å². The number of aromatic hydroxyl groups is 2. The second-order valence-corrected chi connectivity index (χ2v) is 7.52. The van der Waals surface area contributed by atoms with Crippen LogP contribution in [0.5, 0.6) is 11.5 Å². The third-order valence-electron chi connectivity index (χ3n) is 3.63. The molecule has 0 fully saturated rings. The Bertz CT molecular complexity index is 916. The Balaban J connectivity index is 1.87. The Morgan fingerprint density at radius 1 is 0.967 bits per heavy atom. The van der Waals surface area contributed by atoms with E-state index in [0.29, 0.717) is 5.69 Å². The van der Waals surface area contributed by atoms with Crippen molar-refractivity contribution in [1.29, 1.82) is 0 Å². The zero-order chi connectivity index (χ0) is 22.3. The number of carbonyl (C=O) groups excluding carboxylic acids is 3. The van der Waals surface area contributed by atoms with Crippen molar-refractivity contribution in [2.75, 3.05) is 11.9 Å². The van der Waals surface area contributed by atoms with Crippen molar-refractivity contribution in [3.8, 4) is 11.5 Å². The van der Waals surface area contributed by atoms with Crippen LogP contribution in [0.15, 0.2) is 42.5 Å². The quantitative estimate of drug-likeness (QED) is 0.492. The molecule has 0 aliphatic rings. The van der Waals surface area contributed by atoms with Crippen LogP contribution in [0.4, 0.5) is 10.5 Å². The van der Waals surface area contributed by atoms with Gasteiger partial charge in [0, 0.05) is 23.9 Å². The zero-order valence-corrected chi connectivity index (χ0v) is 17.0. The lowest BCUT2D eigenvalue weighted by Gasteiger charge is -2.19. The van der Waals surface area contributed by atoms with E-state index in [0.717, 1.165) is 11.6 Å². The van der Waals surface area contributed by atoms with Crippen LogP contribution in [0.3, 0.4) is 0 Å². The third kappa shape index (κ3) is 7.70. The molecule has 0 spiro atoms. The molecule has 2 aromatic carbocycles. The number of carbonyl (C=O) groups is 3. The lowest BCUT2D eigenvalue weighted by Crippen LogP contribution is -2.39. The molecule has 2 rings (SSSR count). The summed E-state index contributed by atoms with van der Waals surface area (Å²) in [6.07, 6.45) is -0.680. The fourth-order valence-electron chi connectivity index (χ4n) is 2.42. The number of hydrogen-bond acceptors (Lipinski definition) is 6. The van der Waals surface area contributed by atoms with E-state index in [-0.39, 0.29) is 30.2 Å². The van der Waals surface area contributed by atoms with Gasteiger partial charge in [0.1, 0.15) is 23.6 Å². The highest BCUT2D eigenvalue weighted by Crippen LogP contribution is 2.21. The average molecular weight is 415 g/mol. The molecule has 0 atom stereocenters. The molecule has 0 aliphatic carbocycles. The summed E-state index contributed by atoms with van der Waals surface area (Å²) in [5, 5.41) is 26.7. The van der Waals surface area contributed by atoms with Crippen LogP contribution in [-0.2, 0) is 16.1 Å². The second kappa shape index (κ2) is 9.64. The van der Waals surface area contributed by atoms with E-state index in [4.69, 9.17) is 4.74 Å². The van der Waals surface area contributed by atoms with E-state index in [1.165, 1.54) is 12.1 Å². The Kier molecular flexibility index (Phi) is 7.24. The summed E-state index contributed by atoms with van der Waals surface area (Å²) in [4.78, 5) is 35.7. The molecule has 5 N–H and O–H groups in total. The van der Waals surface area contributed by atoms with Gasteiger partial charge in [0.2, 0.25) is 5.91 Å². The molecule has 0 unspecified atom stereocenters. The zero-order valence-electron chi connectivity index (χ0n) is 17.0. The van der Waals surface area contributed by atoms with Crippen LogP contribution in [0.1, 0.15) is 36.7 Å². The first kappa shape index (κ1) is 22.5. The first-order valence-electron chi connectivity index (χ1n) is 9.19. The van der Waals surface area contributed by atoms with Crippen molar-refractivity contribution in [3.63, 3.8) is 0 Å². The maximum absolute atomic E-state index is 12.3. The molecule has 0 heterocycles. The smallest absolute Gasteiger partial charge is 0.408 e. The molecule has 0 aromatic heterocycles. The number of ether oxygens (including phenoxy) is 1. The minimum atomic E-state index is -0.680. The number of benzene rings is 2. The van der Waals surface area contributed by atoms with E-state index >= 15 is 0 Å². The minimum absolute atomic E-state index is 0.0967.